The van der Waals surface area contributed by atoms with Gasteiger partial charge >= 0.3 is 0 Å². The SMILES string of the molecule is CC(C)Cn1ncnc1COCC1CCCN1. The predicted octanol–water partition coefficient (Wildman–Crippen LogP) is 1.20. The quantitative estimate of drug-likeness (QED) is 0.809. The normalized spacial score (nSPS) is 20.3. The lowest BCUT2D eigenvalue weighted by atomic mass is 10.2. The van der Waals surface area contributed by atoms with E-state index in [9.17, 15) is 0 Å². The highest BCUT2D eigenvalue weighted by Crippen LogP contribution is 2.07. The van der Waals surface area contributed by atoms with Gasteiger partial charge in [-0.25, -0.2) is 9.67 Å². The van der Waals surface area contributed by atoms with Crippen molar-refractivity contribution < 1.29 is 4.74 Å². The maximum absolute atomic E-state index is 5.70. The molecule has 1 aromatic rings. The Morgan fingerprint density at radius 1 is 1.59 bits per heavy atom. The van der Waals surface area contributed by atoms with Crippen LogP contribution >= 0.6 is 0 Å². The van der Waals surface area contributed by atoms with Crippen LogP contribution in [0.5, 0.6) is 0 Å². The maximum atomic E-state index is 5.70. The molecule has 1 N–H and O–H groups in total. The van der Waals surface area contributed by atoms with Gasteiger partial charge in [0.2, 0.25) is 0 Å². The first-order chi connectivity index (χ1) is 8.25. The standard InChI is InChI=1S/C12H22N4O/c1-10(2)6-16-12(14-9-15-16)8-17-7-11-4-3-5-13-11/h9-11,13H,3-8H2,1-2H3. The van der Waals surface area contributed by atoms with Gasteiger partial charge in [-0.1, -0.05) is 13.8 Å². The van der Waals surface area contributed by atoms with Crippen LogP contribution in [0.2, 0.25) is 0 Å². The van der Waals surface area contributed by atoms with E-state index in [1.807, 2.05) is 4.68 Å². The van der Waals surface area contributed by atoms with Gasteiger partial charge in [-0.05, 0) is 25.3 Å². The van der Waals surface area contributed by atoms with E-state index in [-0.39, 0.29) is 0 Å². The molecule has 17 heavy (non-hydrogen) atoms. The zero-order valence-electron chi connectivity index (χ0n) is 10.7. The van der Waals surface area contributed by atoms with Crippen molar-refractivity contribution in [2.45, 2.75) is 45.9 Å². The third kappa shape index (κ3) is 3.78. The molecule has 1 fully saturated rings. The van der Waals surface area contributed by atoms with Gasteiger partial charge in [0.25, 0.3) is 0 Å². The molecule has 1 aliphatic heterocycles. The van der Waals surface area contributed by atoms with E-state index in [0.717, 1.165) is 25.5 Å². The van der Waals surface area contributed by atoms with Crippen LogP contribution in [0.25, 0.3) is 0 Å². The third-order valence-electron chi connectivity index (χ3n) is 2.95. The molecule has 1 aliphatic rings. The van der Waals surface area contributed by atoms with Crippen molar-refractivity contribution in [2.75, 3.05) is 13.2 Å². The van der Waals surface area contributed by atoms with Gasteiger partial charge in [0.05, 0.1) is 6.61 Å². The van der Waals surface area contributed by atoms with Crippen LogP contribution < -0.4 is 5.32 Å². The topological polar surface area (TPSA) is 52.0 Å². The van der Waals surface area contributed by atoms with Crippen LogP contribution in [0.4, 0.5) is 0 Å². The van der Waals surface area contributed by atoms with Crippen molar-refractivity contribution in [1.82, 2.24) is 20.1 Å². The van der Waals surface area contributed by atoms with Crippen molar-refractivity contribution in [3.63, 3.8) is 0 Å². The number of nitrogens with zero attached hydrogens (tertiary/aromatic N) is 3. The monoisotopic (exact) mass is 238 g/mol. The average molecular weight is 238 g/mol. The van der Waals surface area contributed by atoms with Crippen LogP contribution in [-0.4, -0.2) is 34.0 Å². The summed E-state index contributed by atoms with van der Waals surface area (Å²) >= 11 is 0. The fourth-order valence-electron chi connectivity index (χ4n) is 2.09. The molecule has 1 atom stereocenters. The first-order valence-corrected chi connectivity index (χ1v) is 6.43. The zero-order chi connectivity index (χ0) is 12.1. The summed E-state index contributed by atoms with van der Waals surface area (Å²) in [6, 6.07) is 0.525. The van der Waals surface area contributed by atoms with Crippen LogP contribution in [0, 0.1) is 5.92 Å². The minimum absolute atomic E-state index is 0.525. The molecular weight excluding hydrogens is 216 g/mol. The fourth-order valence-corrected chi connectivity index (χ4v) is 2.09. The van der Waals surface area contributed by atoms with Gasteiger partial charge in [0.15, 0.2) is 5.82 Å². The van der Waals surface area contributed by atoms with Crippen LogP contribution in [0.3, 0.4) is 0 Å². The summed E-state index contributed by atoms with van der Waals surface area (Å²) in [5, 5.41) is 7.63. The summed E-state index contributed by atoms with van der Waals surface area (Å²) in [6.45, 7) is 7.71. The third-order valence-corrected chi connectivity index (χ3v) is 2.95. The predicted molar refractivity (Wildman–Crippen MR) is 65.5 cm³/mol. The average Bonchev–Trinajstić information content (AvgIpc) is 2.90. The second kappa shape index (κ2) is 6.12. The molecular formula is C12H22N4O. The molecule has 0 saturated carbocycles. The summed E-state index contributed by atoms with van der Waals surface area (Å²) < 4.78 is 7.64. The highest BCUT2D eigenvalue weighted by atomic mass is 16.5. The Bertz CT molecular complexity index is 331. The Labute approximate surface area is 103 Å². The molecule has 96 valence electrons. The molecule has 0 bridgehead atoms. The Morgan fingerprint density at radius 3 is 3.18 bits per heavy atom. The van der Waals surface area contributed by atoms with Gasteiger partial charge in [0, 0.05) is 12.6 Å². The van der Waals surface area contributed by atoms with Crippen LogP contribution in [0.15, 0.2) is 6.33 Å². The van der Waals surface area contributed by atoms with Crippen molar-refractivity contribution >= 4 is 0 Å². The molecule has 5 nitrogen and oxygen atoms in total. The first-order valence-electron chi connectivity index (χ1n) is 6.43. The number of hydrogen-bond donors (Lipinski definition) is 1. The molecule has 0 aliphatic carbocycles. The molecule has 2 heterocycles. The molecule has 0 amide bonds. The number of aromatic nitrogens is 3. The van der Waals surface area contributed by atoms with Gasteiger partial charge in [0.1, 0.15) is 12.9 Å². The molecule has 0 spiro atoms. The molecule has 1 unspecified atom stereocenters. The van der Waals surface area contributed by atoms with Gasteiger partial charge in [-0.2, -0.15) is 5.10 Å². The molecule has 1 aromatic heterocycles. The molecule has 2 rings (SSSR count). The van der Waals surface area contributed by atoms with E-state index >= 15 is 0 Å². The smallest absolute Gasteiger partial charge is 0.152 e. The van der Waals surface area contributed by atoms with E-state index in [1.54, 1.807) is 6.33 Å². The van der Waals surface area contributed by atoms with Crippen LogP contribution in [0.1, 0.15) is 32.5 Å². The minimum atomic E-state index is 0.525. The lowest BCUT2D eigenvalue weighted by molar-refractivity contribution is 0.0950. The number of ether oxygens (including phenoxy) is 1. The Morgan fingerprint density at radius 2 is 2.47 bits per heavy atom. The fraction of sp³-hybridized carbons (Fsp3) is 0.833. The summed E-state index contributed by atoms with van der Waals surface area (Å²) in [5.41, 5.74) is 0. The van der Waals surface area contributed by atoms with Crippen molar-refractivity contribution in [1.29, 1.82) is 0 Å². The lowest BCUT2D eigenvalue weighted by Crippen LogP contribution is -2.27. The summed E-state index contributed by atoms with van der Waals surface area (Å²) in [4.78, 5) is 4.24. The van der Waals surface area contributed by atoms with Gasteiger partial charge in [-0.3, -0.25) is 0 Å². The largest absolute Gasteiger partial charge is 0.372 e. The lowest BCUT2D eigenvalue weighted by Gasteiger charge is -2.12. The number of nitrogens with one attached hydrogen (secondary N) is 1. The van der Waals surface area contributed by atoms with E-state index in [4.69, 9.17) is 4.74 Å². The number of hydrogen-bond acceptors (Lipinski definition) is 4. The van der Waals surface area contributed by atoms with Crippen LogP contribution in [-0.2, 0) is 17.9 Å². The molecule has 0 aromatic carbocycles. The Kier molecular flexibility index (Phi) is 4.50. The first kappa shape index (κ1) is 12.5. The van der Waals surface area contributed by atoms with Crippen molar-refractivity contribution in [2.24, 2.45) is 5.92 Å². The molecule has 1 saturated heterocycles. The minimum Gasteiger partial charge on any atom is -0.372 e. The highest BCUT2D eigenvalue weighted by Gasteiger charge is 2.14. The summed E-state index contributed by atoms with van der Waals surface area (Å²) in [6.07, 6.45) is 4.09. The van der Waals surface area contributed by atoms with E-state index < -0.39 is 0 Å². The van der Waals surface area contributed by atoms with Gasteiger partial charge in [-0.15, -0.1) is 0 Å². The van der Waals surface area contributed by atoms with E-state index in [2.05, 4.69) is 29.2 Å². The Hall–Kier alpha value is -0.940. The van der Waals surface area contributed by atoms with Gasteiger partial charge < -0.3 is 10.1 Å². The van der Waals surface area contributed by atoms with Crippen molar-refractivity contribution in [3.8, 4) is 0 Å². The number of rotatable bonds is 6. The summed E-state index contributed by atoms with van der Waals surface area (Å²) in [7, 11) is 0. The second-order valence-electron chi connectivity index (χ2n) is 5.06. The zero-order valence-corrected chi connectivity index (χ0v) is 10.7. The maximum Gasteiger partial charge on any atom is 0.152 e. The molecule has 5 heteroatoms. The second-order valence-corrected chi connectivity index (χ2v) is 5.06. The molecule has 0 radical (unpaired) electrons. The van der Waals surface area contributed by atoms with E-state index in [1.165, 1.54) is 12.8 Å². The highest BCUT2D eigenvalue weighted by molar-refractivity contribution is 4.82. The van der Waals surface area contributed by atoms with E-state index in [0.29, 0.717) is 18.6 Å². The van der Waals surface area contributed by atoms with Crippen molar-refractivity contribution in [3.05, 3.63) is 12.2 Å². The summed E-state index contributed by atoms with van der Waals surface area (Å²) in [5.74, 6) is 1.50. The Balaban J connectivity index is 1.75.